The van der Waals surface area contributed by atoms with E-state index in [4.69, 9.17) is 23.2 Å². The fourth-order valence-corrected chi connectivity index (χ4v) is 2.36. The number of hydrogen-bond donors (Lipinski definition) is 1. The maximum Gasteiger partial charge on any atom is 0.269 e. The Hall–Kier alpha value is -1.52. The Kier molecular flexibility index (Phi) is 4.17. The lowest BCUT2D eigenvalue weighted by atomic mass is 10.2. The Labute approximate surface area is 132 Å². The molecule has 2 aromatic rings. The summed E-state index contributed by atoms with van der Waals surface area (Å²) in [5.74, 6) is 0.753. The molecule has 1 fully saturated rings. The second kappa shape index (κ2) is 6.08. The molecule has 0 radical (unpaired) electrons. The number of halogens is 2. The van der Waals surface area contributed by atoms with E-state index in [1.54, 1.807) is 24.4 Å². The fraction of sp³-hybridized carbons (Fsp3) is 0.333. The van der Waals surface area contributed by atoms with Crippen molar-refractivity contribution in [2.45, 2.75) is 19.4 Å². The summed E-state index contributed by atoms with van der Waals surface area (Å²) >= 11 is 11.8. The van der Waals surface area contributed by atoms with Crippen LogP contribution in [0.25, 0.3) is 0 Å². The Balaban J connectivity index is 1.72. The molecule has 1 aromatic heterocycles. The van der Waals surface area contributed by atoms with Gasteiger partial charge in [-0.05, 0) is 36.5 Å². The molecule has 0 bridgehead atoms. The van der Waals surface area contributed by atoms with Gasteiger partial charge in [-0.25, -0.2) is 4.68 Å². The molecule has 1 saturated carbocycles. The average molecular weight is 324 g/mol. The van der Waals surface area contributed by atoms with Crippen LogP contribution in [0.2, 0.25) is 10.0 Å². The Morgan fingerprint density at radius 2 is 2.05 bits per heavy atom. The molecule has 1 aliphatic carbocycles. The minimum Gasteiger partial charge on any atom is -0.383 e. The molecular weight excluding hydrogens is 309 g/mol. The summed E-state index contributed by atoms with van der Waals surface area (Å²) in [5, 5.41) is 8.41. The topological polar surface area (TPSA) is 46.9 Å². The van der Waals surface area contributed by atoms with Crippen molar-refractivity contribution < 1.29 is 0 Å². The second-order valence-corrected chi connectivity index (χ2v) is 6.13. The van der Waals surface area contributed by atoms with Crippen molar-refractivity contribution in [3.63, 3.8) is 0 Å². The lowest BCUT2D eigenvalue weighted by Crippen LogP contribution is -2.23. The van der Waals surface area contributed by atoms with E-state index in [2.05, 4.69) is 10.4 Å². The molecule has 1 N–H and O–H groups in total. The molecule has 0 aliphatic heterocycles. The van der Waals surface area contributed by atoms with Crippen LogP contribution in [0.4, 0.5) is 5.69 Å². The summed E-state index contributed by atoms with van der Waals surface area (Å²) < 4.78 is 1.40. The summed E-state index contributed by atoms with van der Waals surface area (Å²) in [6.45, 7) is 1.29. The first-order valence-electron chi connectivity index (χ1n) is 6.87. The molecule has 0 atom stereocenters. The largest absolute Gasteiger partial charge is 0.383 e. The number of rotatable bonds is 5. The van der Waals surface area contributed by atoms with Gasteiger partial charge in [-0.2, -0.15) is 5.10 Å². The Bertz CT molecular complexity index is 710. The number of anilines is 1. The third-order valence-electron chi connectivity index (χ3n) is 3.48. The molecule has 21 heavy (non-hydrogen) atoms. The molecule has 0 saturated heterocycles. The summed E-state index contributed by atoms with van der Waals surface area (Å²) in [4.78, 5) is 12.1. The average Bonchev–Trinajstić information content (AvgIpc) is 3.27. The maximum atomic E-state index is 12.1. The third kappa shape index (κ3) is 3.77. The number of aromatic nitrogens is 2. The zero-order valence-corrected chi connectivity index (χ0v) is 12.9. The molecular formula is C15H15Cl2N3O. The van der Waals surface area contributed by atoms with Crippen LogP contribution in [0.15, 0.2) is 35.3 Å². The number of benzene rings is 1. The van der Waals surface area contributed by atoms with Gasteiger partial charge in [0.05, 0.1) is 28.5 Å². The van der Waals surface area contributed by atoms with Crippen LogP contribution < -0.4 is 10.9 Å². The quantitative estimate of drug-likeness (QED) is 0.917. The van der Waals surface area contributed by atoms with Crippen LogP contribution in [0.1, 0.15) is 18.4 Å². The van der Waals surface area contributed by atoms with Crippen LogP contribution >= 0.6 is 23.2 Å². The second-order valence-electron chi connectivity index (χ2n) is 5.31. The Morgan fingerprint density at radius 3 is 2.71 bits per heavy atom. The minimum atomic E-state index is -0.137. The molecule has 0 spiro atoms. The van der Waals surface area contributed by atoms with Gasteiger partial charge < -0.3 is 5.32 Å². The predicted octanol–water partition coefficient (Wildman–Crippen LogP) is 3.42. The summed E-state index contributed by atoms with van der Waals surface area (Å²) in [6.07, 6.45) is 4.23. The molecule has 1 heterocycles. The van der Waals surface area contributed by atoms with E-state index in [0.717, 1.165) is 23.7 Å². The third-order valence-corrected chi connectivity index (χ3v) is 4.22. The van der Waals surface area contributed by atoms with Gasteiger partial charge in [0.1, 0.15) is 0 Å². The number of nitrogens with one attached hydrogen (secondary N) is 1. The number of nitrogens with zero attached hydrogens (tertiary/aromatic N) is 2. The molecule has 110 valence electrons. The highest BCUT2D eigenvalue weighted by Crippen LogP contribution is 2.28. The van der Waals surface area contributed by atoms with Crippen molar-refractivity contribution in [3.05, 3.63) is 56.4 Å². The first-order chi connectivity index (χ1) is 10.1. The SMILES string of the molecule is O=c1cc(NCC2CC2)cnn1Cc1ccc(Cl)c(Cl)c1. The van der Waals surface area contributed by atoms with Gasteiger partial charge in [0.25, 0.3) is 5.56 Å². The first-order valence-corrected chi connectivity index (χ1v) is 7.62. The first kappa shape index (κ1) is 14.4. The van der Waals surface area contributed by atoms with Crippen molar-refractivity contribution >= 4 is 28.9 Å². The molecule has 0 unspecified atom stereocenters. The molecule has 1 aromatic carbocycles. The normalized spacial score (nSPS) is 14.2. The summed E-state index contributed by atoms with van der Waals surface area (Å²) in [5.41, 5.74) is 1.52. The van der Waals surface area contributed by atoms with Crippen molar-refractivity contribution in [2.24, 2.45) is 5.92 Å². The maximum absolute atomic E-state index is 12.1. The molecule has 0 amide bonds. The van der Waals surface area contributed by atoms with E-state index in [1.165, 1.54) is 17.5 Å². The monoisotopic (exact) mass is 323 g/mol. The zero-order chi connectivity index (χ0) is 14.8. The molecule has 1 aliphatic rings. The summed E-state index contributed by atoms with van der Waals surface area (Å²) in [6, 6.07) is 6.88. The lowest BCUT2D eigenvalue weighted by molar-refractivity contribution is 0.639. The van der Waals surface area contributed by atoms with Gasteiger partial charge >= 0.3 is 0 Å². The van der Waals surface area contributed by atoms with E-state index in [1.807, 2.05) is 6.07 Å². The van der Waals surface area contributed by atoms with E-state index < -0.39 is 0 Å². The highest BCUT2D eigenvalue weighted by Gasteiger charge is 2.20. The van der Waals surface area contributed by atoms with Gasteiger partial charge in [0.2, 0.25) is 0 Å². The predicted molar refractivity (Wildman–Crippen MR) is 85.3 cm³/mol. The van der Waals surface area contributed by atoms with E-state index in [9.17, 15) is 4.79 Å². The van der Waals surface area contributed by atoms with Gasteiger partial charge in [-0.15, -0.1) is 0 Å². The Morgan fingerprint density at radius 1 is 1.24 bits per heavy atom. The van der Waals surface area contributed by atoms with E-state index >= 15 is 0 Å². The van der Waals surface area contributed by atoms with Crippen molar-refractivity contribution in [2.75, 3.05) is 11.9 Å². The number of hydrogen-bond acceptors (Lipinski definition) is 3. The molecule has 3 rings (SSSR count). The van der Waals surface area contributed by atoms with Crippen LogP contribution in [-0.4, -0.2) is 16.3 Å². The zero-order valence-electron chi connectivity index (χ0n) is 11.4. The fourth-order valence-electron chi connectivity index (χ4n) is 2.04. The van der Waals surface area contributed by atoms with Crippen LogP contribution in [-0.2, 0) is 6.54 Å². The highest BCUT2D eigenvalue weighted by atomic mass is 35.5. The smallest absolute Gasteiger partial charge is 0.269 e. The standard InChI is InChI=1S/C15H15Cl2N3O/c16-13-4-3-11(5-14(13)17)9-20-15(21)6-12(8-19-20)18-7-10-1-2-10/h3-6,8,10,18H,1-2,7,9H2. The van der Waals surface area contributed by atoms with Gasteiger partial charge in [-0.1, -0.05) is 29.3 Å². The van der Waals surface area contributed by atoms with Gasteiger partial charge in [-0.3, -0.25) is 4.79 Å². The molecule has 6 heteroatoms. The van der Waals surface area contributed by atoms with E-state index in [0.29, 0.717) is 16.6 Å². The van der Waals surface area contributed by atoms with Crippen molar-refractivity contribution in [1.29, 1.82) is 0 Å². The van der Waals surface area contributed by atoms with Crippen LogP contribution in [0.3, 0.4) is 0 Å². The van der Waals surface area contributed by atoms with Crippen molar-refractivity contribution in [3.8, 4) is 0 Å². The minimum absolute atomic E-state index is 0.137. The molecule has 4 nitrogen and oxygen atoms in total. The summed E-state index contributed by atoms with van der Waals surface area (Å²) in [7, 11) is 0. The van der Waals surface area contributed by atoms with Crippen LogP contribution in [0.5, 0.6) is 0 Å². The van der Waals surface area contributed by atoms with Crippen LogP contribution in [0, 0.1) is 5.92 Å². The van der Waals surface area contributed by atoms with E-state index in [-0.39, 0.29) is 5.56 Å². The van der Waals surface area contributed by atoms with Crippen molar-refractivity contribution in [1.82, 2.24) is 9.78 Å². The lowest BCUT2D eigenvalue weighted by Gasteiger charge is -2.08. The highest BCUT2D eigenvalue weighted by molar-refractivity contribution is 6.42. The van der Waals surface area contributed by atoms with Gasteiger partial charge in [0, 0.05) is 12.6 Å². The van der Waals surface area contributed by atoms with Gasteiger partial charge in [0.15, 0.2) is 0 Å².